The summed E-state index contributed by atoms with van der Waals surface area (Å²) in [5.41, 5.74) is 0. The first-order valence-corrected chi connectivity index (χ1v) is 5.54. The van der Waals surface area contributed by atoms with Gasteiger partial charge in [0.1, 0.15) is 15.7 Å². The van der Waals surface area contributed by atoms with Gasteiger partial charge in [-0.25, -0.2) is 0 Å². The zero-order valence-electron chi connectivity index (χ0n) is 10.4. The van der Waals surface area contributed by atoms with E-state index < -0.39 is 0 Å². The van der Waals surface area contributed by atoms with Crippen molar-refractivity contribution in [1.82, 2.24) is 5.32 Å². The van der Waals surface area contributed by atoms with Gasteiger partial charge in [-0.3, -0.25) is 0 Å². The Hall–Kier alpha value is 0.220. The van der Waals surface area contributed by atoms with Crippen molar-refractivity contribution >= 4 is 31.4 Å². The second kappa shape index (κ2) is 5.19. The summed E-state index contributed by atoms with van der Waals surface area (Å²) in [7, 11) is 11.5. The summed E-state index contributed by atoms with van der Waals surface area (Å²) < 4.78 is 0. The Kier molecular flexibility index (Phi) is 5.28. The van der Waals surface area contributed by atoms with E-state index in [1.54, 1.807) is 0 Å². The van der Waals surface area contributed by atoms with Gasteiger partial charge in [0.25, 0.3) is 0 Å². The van der Waals surface area contributed by atoms with Crippen molar-refractivity contribution in [1.29, 1.82) is 0 Å². The van der Waals surface area contributed by atoms with Crippen LogP contribution in [0.3, 0.4) is 0 Å². The van der Waals surface area contributed by atoms with E-state index in [-0.39, 0.29) is 0 Å². The number of hydrogen-bond acceptors (Lipinski definition) is 1. The van der Waals surface area contributed by atoms with E-state index in [1.807, 2.05) is 7.05 Å². The highest BCUT2D eigenvalue weighted by Gasteiger charge is 2.29. The van der Waals surface area contributed by atoms with Crippen LogP contribution >= 0.6 is 0 Å². The average molecular weight is 177 g/mol. The van der Waals surface area contributed by atoms with Crippen LogP contribution in [0.25, 0.3) is 0 Å². The Morgan fingerprint density at radius 1 is 1.31 bits per heavy atom. The van der Waals surface area contributed by atoms with Crippen molar-refractivity contribution in [3.8, 4) is 0 Å². The monoisotopic (exact) mass is 177 g/mol. The summed E-state index contributed by atoms with van der Waals surface area (Å²) in [6, 6.07) is 0.612. The lowest BCUT2D eigenvalue weighted by Crippen LogP contribution is -2.34. The molecule has 0 aliphatic heterocycles. The number of rotatable bonds is 5. The molecule has 3 unspecified atom stereocenters. The maximum absolute atomic E-state index is 3.34. The largest absolute Gasteiger partial charge is 0.318 e. The van der Waals surface area contributed by atoms with Crippen molar-refractivity contribution in [3.05, 3.63) is 0 Å². The fourth-order valence-corrected chi connectivity index (χ4v) is 1.73. The van der Waals surface area contributed by atoms with Gasteiger partial charge >= 0.3 is 0 Å². The van der Waals surface area contributed by atoms with Gasteiger partial charge in [-0.2, -0.15) is 0 Å². The summed E-state index contributed by atoms with van der Waals surface area (Å²) in [4.78, 5) is 0. The molecule has 0 aromatic carbocycles. The first-order chi connectivity index (χ1) is 5.86. The molecule has 72 valence electrons. The topological polar surface area (TPSA) is 12.0 Å². The van der Waals surface area contributed by atoms with E-state index >= 15 is 0 Å². The van der Waals surface area contributed by atoms with Crippen LogP contribution in [0, 0.1) is 0 Å². The molecule has 0 amide bonds. The quantitative estimate of drug-likeness (QED) is 0.489. The molecule has 0 heterocycles. The van der Waals surface area contributed by atoms with Gasteiger partial charge in [0.15, 0.2) is 0 Å². The van der Waals surface area contributed by atoms with Crippen molar-refractivity contribution in [2.24, 2.45) is 0 Å². The molecule has 0 spiro atoms. The van der Waals surface area contributed by atoms with E-state index in [1.165, 1.54) is 6.42 Å². The molecule has 0 saturated carbocycles. The Labute approximate surface area is 87.5 Å². The highest BCUT2D eigenvalue weighted by molar-refractivity contribution is 6.44. The van der Waals surface area contributed by atoms with Crippen molar-refractivity contribution in [2.75, 3.05) is 7.05 Å². The second-order valence-electron chi connectivity index (χ2n) is 5.07. The normalized spacial score (nSPS) is 19.3. The molecule has 0 radical (unpaired) electrons. The summed E-state index contributed by atoms with van der Waals surface area (Å²) in [6.45, 7) is 4.56. The lowest BCUT2D eigenvalue weighted by Gasteiger charge is -2.38. The highest BCUT2D eigenvalue weighted by atomic mass is 14.9. The third-order valence-corrected chi connectivity index (χ3v) is 4.18. The maximum atomic E-state index is 3.34. The molecule has 0 aliphatic carbocycles. The molecule has 0 bridgehead atoms. The van der Waals surface area contributed by atoms with Crippen LogP contribution in [0.15, 0.2) is 0 Å². The fraction of sp³-hybridized carbons (Fsp3) is 1.00. The summed E-state index contributed by atoms with van der Waals surface area (Å²) in [5.74, 6) is 1.50. The van der Waals surface area contributed by atoms with Gasteiger partial charge in [-0.15, -0.1) is 0 Å². The lowest BCUT2D eigenvalue weighted by atomic mass is 9.38. The summed E-state index contributed by atoms with van der Waals surface area (Å²) in [6.07, 6.45) is 1.26. The standard InChI is InChI=1S/C8H23B4N/c1-4-8(11,12)7(10)6(9)5(2)13-3/h5-7,13H,4,9-12H2,1-3H3. The first-order valence-electron chi connectivity index (χ1n) is 5.54. The van der Waals surface area contributed by atoms with E-state index in [2.05, 4.69) is 50.5 Å². The Morgan fingerprint density at radius 2 is 1.77 bits per heavy atom. The van der Waals surface area contributed by atoms with Crippen LogP contribution in [0.2, 0.25) is 16.8 Å². The third-order valence-electron chi connectivity index (χ3n) is 4.18. The van der Waals surface area contributed by atoms with Gasteiger partial charge in [0, 0.05) is 0 Å². The van der Waals surface area contributed by atoms with E-state index in [0.717, 1.165) is 11.6 Å². The number of hydrogen-bond donors (Lipinski definition) is 1. The SMILES string of the molecule is BC(C(C)NC)C(B)C(B)(B)CC. The molecule has 3 atom stereocenters. The minimum Gasteiger partial charge on any atom is -0.318 e. The van der Waals surface area contributed by atoms with Gasteiger partial charge in [0.05, 0.1) is 15.7 Å². The van der Waals surface area contributed by atoms with Crippen molar-refractivity contribution in [2.45, 2.75) is 43.2 Å². The predicted molar refractivity (Wildman–Crippen MR) is 73.2 cm³/mol. The number of nitrogens with one attached hydrogen (secondary N) is 1. The smallest absolute Gasteiger partial charge is 0.106 e. The minimum atomic E-state index is 0.463. The van der Waals surface area contributed by atoms with Crippen LogP contribution in [-0.2, 0) is 0 Å². The van der Waals surface area contributed by atoms with Crippen LogP contribution in [-0.4, -0.2) is 44.5 Å². The Balaban J connectivity index is 4.32. The third kappa shape index (κ3) is 3.45. The molecule has 0 rings (SSSR count). The minimum absolute atomic E-state index is 0.463. The molecule has 1 N–H and O–H groups in total. The molecule has 0 aromatic heterocycles. The van der Waals surface area contributed by atoms with Crippen LogP contribution in [0.5, 0.6) is 0 Å². The molecule has 0 aromatic rings. The summed E-state index contributed by atoms with van der Waals surface area (Å²) >= 11 is 0. The maximum Gasteiger partial charge on any atom is 0.106 e. The highest BCUT2D eigenvalue weighted by Crippen LogP contribution is 2.42. The van der Waals surface area contributed by atoms with Crippen molar-refractivity contribution in [3.63, 3.8) is 0 Å². The molecule has 0 fully saturated rings. The molecule has 0 aliphatic rings. The lowest BCUT2D eigenvalue weighted by molar-refractivity contribution is 0.507. The van der Waals surface area contributed by atoms with Gasteiger partial charge in [0.2, 0.25) is 0 Å². The predicted octanol–water partition coefficient (Wildman–Crippen LogP) is -1.77. The molecule has 1 nitrogen and oxygen atoms in total. The van der Waals surface area contributed by atoms with E-state index in [0.29, 0.717) is 11.3 Å². The average Bonchev–Trinajstić information content (AvgIpc) is 2.14. The zero-order chi connectivity index (χ0) is 10.6. The van der Waals surface area contributed by atoms with Crippen LogP contribution in [0.1, 0.15) is 20.3 Å². The van der Waals surface area contributed by atoms with E-state index in [4.69, 9.17) is 0 Å². The molecular formula is C8H23B4N. The summed E-state index contributed by atoms with van der Waals surface area (Å²) in [5, 5.41) is 3.80. The van der Waals surface area contributed by atoms with Crippen LogP contribution < -0.4 is 5.32 Å². The zero-order valence-corrected chi connectivity index (χ0v) is 10.4. The van der Waals surface area contributed by atoms with Crippen LogP contribution in [0.4, 0.5) is 0 Å². The van der Waals surface area contributed by atoms with Gasteiger partial charge in [-0.1, -0.05) is 37.1 Å². The Morgan fingerprint density at radius 3 is 2.08 bits per heavy atom. The second-order valence-corrected chi connectivity index (χ2v) is 5.07. The first kappa shape index (κ1) is 13.2. The van der Waals surface area contributed by atoms with Gasteiger partial charge in [-0.05, 0) is 13.1 Å². The molecule has 0 saturated heterocycles. The molecule has 13 heavy (non-hydrogen) atoms. The van der Waals surface area contributed by atoms with Gasteiger partial charge < -0.3 is 5.32 Å². The Bertz CT molecular complexity index is 151. The van der Waals surface area contributed by atoms with E-state index in [9.17, 15) is 0 Å². The molecular weight excluding hydrogens is 153 g/mol. The molecule has 5 heteroatoms. The van der Waals surface area contributed by atoms with Crippen molar-refractivity contribution < 1.29 is 0 Å². The fourth-order valence-electron chi connectivity index (χ4n) is 1.73.